The largest absolute Gasteiger partial charge is 0.454 e. The van der Waals surface area contributed by atoms with E-state index in [1.54, 1.807) is 25.1 Å². The number of Topliss-reactive ketones (excluding diaryl/α,β-unsaturated/α-hetero) is 1. The Balaban J connectivity index is 1.48. The summed E-state index contributed by atoms with van der Waals surface area (Å²) < 4.78 is 30.9. The molecule has 0 spiro atoms. The van der Waals surface area contributed by atoms with Crippen LogP contribution in [0.15, 0.2) is 24.3 Å². The van der Waals surface area contributed by atoms with Crippen LogP contribution in [0, 0.1) is 27.7 Å². The van der Waals surface area contributed by atoms with Crippen molar-refractivity contribution in [1.82, 2.24) is 9.55 Å². The molecule has 1 atom stereocenters. The summed E-state index contributed by atoms with van der Waals surface area (Å²) in [5.74, 6) is -0.598. The number of carbonyl (C=O) groups excluding carboxylic acids is 2. The molecule has 0 aliphatic carbocycles. The van der Waals surface area contributed by atoms with Crippen molar-refractivity contribution in [1.29, 1.82) is 0 Å². The lowest BCUT2D eigenvalue weighted by Gasteiger charge is -2.16. The van der Waals surface area contributed by atoms with Crippen molar-refractivity contribution in [3.05, 3.63) is 58.0 Å². The van der Waals surface area contributed by atoms with Crippen molar-refractivity contribution >= 4 is 32.5 Å². The lowest BCUT2D eigenvalue weighted by molar-refractivity contribution is 0.0474. The van der Waals surface area contributed by atoms with Gasteiger partial charge in [0.15, 0.2) is 16.4 Å². The summed E-state index contributed by atoms with van der Waals surface area (Å²) in [5, 5.41) is 0.952. The molecule has 2 aromatic heterocycles. The number of ether oxygens (including phenoxy) is 1. The number of fused-ring (bicyclic) bond motifs is 1. The van der Waals surface area contributed by atoms with Crippen LogP contribution in [0.4, 0.5) is 0 Å². The zero-order chi connectivity index (χ0) is 22.5. The van der Waals surface area contributed by atoms with Gasteiger partial charge in [0.05, 0.1) is 17.1 Å². The molecule has 0 bridgehead atoms. The Labute approximate surface area is 181 Å². The fourth-order valence-corrected chi connectivity index (χ4v) is 6.18. The summed E-state index contributed by atoms with van der Waals surface area (Å²) in [6.45, 7) is 7.26. The third-order valence-corrected chi connectivity index (χ3v) is 7.99. The van der Waals surface area contributed by atoms with E-state index in [-0.39, 0.29) is 29.9 Å². The maximum Gasteiger partial charge on any atom is 0.338 e. The third kappa shape index (κ3) is 3.92. The summed E-state index contributed by atoms with van der Waals surface area (Å²) in [6.07, 6.45) is 0.543. The first-order valence-corrected chi connectivity index (χ1v) is 12.1. The van der Waals surface area contributed by atoms with Crippen LogP contribution in [0.2, 0.25) is 0 Å². The Kier molecular flexibility index (Phi) is 5.29. The maximum atomic E-state index is 12.8. The molecule has 1 saturated heterocycles. The van der Waals surface area contributed by atoms with E-state index >= 15 is 0 Å². The number of aromatic nitrogens is 2. The van der Waals surface area contributed by atoms with Gasteiger partial charge in [-0.15, -0.1) is 0 Å². The van der Waals surface area contributed by atoms with Crippen molar-refractivity contribution in [2.45, 2.75) is 40.2 Å². The van der Waals surface area contributed by atoms with Crippen molar-refractivity contribution in [2.75, 3.05) is 18.1 Å². The molecule has 31 heavy (non-hydrogen) atoms. The third-order valence-electron chi connectivity index (χ3n) is 6.24. The van der Waals surface area contributed by atoms with Crippen LogP contribution in [0.1, 0.15) is 55.8 Å². The van der Waals surface area contributed by atoms with Crippen molar-refractivity contribution in [3.8, 4) is 0 Å². The summed E-state index contributed by atoms with van der Waals surface area (Å²) >= 11 is 0. The van der Waals surface area contributed by atoms with Gasteiger partial charge in [-0.05, 0) is 63.9 Å². The second-order valence-electron chi connectivity index (χ2n) is 8.35. The minimum Gasteiger partial charge on any atom is -0.454 e. The summed E-state index contributed by atoms with van der Waals surface area (Å²) in [4.78, 5) is 28.5. The van der Waals surface area contributed by atoms with Crippen molar-refractivity contribution in [2.24, 2.45) is 0 Å². The molecule has 0 saturated carbocycles. The molecule has 3 heterocycles. The number of nitrogens with one attached hydrogen (secondary N) is 1. The van der Waals surface area contributed by atoms with E-state index in [0.29, 0.717) is 23.2 Å². The minimum absolute atomic E-state index is 0.0898. The number of aryl methyl sites for hydroxylation is 3. The number of H-pyrrole nitrogens is 1. The Bertz CT molecular complexity index is 1310. The molecule has 164 valence electrons. The molecule has 4 rings (SSSR count). The van der Waals surface area contributed by atoms with Crippen LogP contribution in [0.3, 0.4) is 0 Å². The van der Waals surface area contributed by atoms with Gasteiger partial charge in [-0.3, -0.25) is 4.79 Å². The SMILES string of the molecule is Cc1[nH]c2ccc(C(=O)OCC(=O)c3cc(C)n([C@H]4CCS(=O)(=O)C4)c3C)cc2c1C. The number of nitrogens with zero attached hydrogens (tertiary/aromatic N) is 1. The number of ketones is 1. The topological polar surface area (TPSA) is 98.2 Å². The number of benzene rings is 1. The molecule has 1 fully saturated rings. The number of hydrogen-bond donors (Lipinski definition) is 1. The van der Waals surface area contributed by atoms with Crippen LogP contribution in [-0.4, -0.2) is 47.8 Å². The van der Waals surface area contributed by atoms with Crippen molar-refractivity contribution < 1.29 is 22.7 Å². The second-order valence-corrected chi connectivity index (χ2v) is 10.6. The molecule has 0 amide bonds. The van der Waals surface area contributed by atoms with E-state index in [9.17, 15) is 18.0 Å². The van der Waals surface area contributed by atoms with E-state index < -0.39 is 15.8 Å². The lowest BCUT2D eigenvalue weighted by atomic mass is 10.1. The van der Waals surface area contributed by atoms with Gasteiger partial charge in [0.2, 0.25) is 5.78 Å². The van der Waals surface area contributed by atoms with Crippen LogP contribution < -0.4 is 0 Å². The number of sulfone groups is 1. The lowest BCUT2D eigenvalue weighted by Crippen LogP contribution is -2.17. The first-order valence-electron chi connectivity index (χ1n) is 10.3. The highest BCUT2D eigenvalue weighted by Crippen LogP contribution is 2.29. The monoisotopic (exact) mass is 442 g/mol. The average molecular weight is 443 g/mol. The van der Waals surface area contributed by atoms with Crippen LogP contribution >= 0.6 is 0 Å². The molecular weight excluding hydrogens is 416 g/mol. The highest BCUT2D eigenvalue weighted by molar-refractivity contribution is 7.91. The summed E-state index contributed by atoms with van der Waals surface area (Å²) in [5.41, 5.74) is 5.46. The van der Waals surface area contributed by atoms with Gasteiger partial charge in [-0.2, -0.15) is 0 Å². The average Bonchev–Trinajstić information content (AvgIpc) is 3.32. The Hall–Kier alpha value is -2.87. The zero-order valence-corrected chi connectivity index (χ0v) is 18.9. The maximum absolute atomic E-state index is 12.8. The number of hydrogen-bond acceptors (Lipinski definition) is 5. The van der Waals surface area contributed by atoms with E-state index in [1.807, 2.05) is 31.4 Å². The molecule has 1 N–H and O–H groups in total. The summed E-state index contributed by atoms with van der Waals surface area (Å²) in [6, 6.07) is 6.87. The number of aromatic amines is 1. The van der Waals surface area contributed by atoms with E-state index in [1.165, 1.54) is 0 Å². The number of rotatable bonds is 5. The molecule has 7 nitrogen and oxygen atoms in total. The fraction of sp³-hybridized carbons (Fsp3) is 0.391. The van der Waals surface area contributed by atoms with Gasteiger partial charge >= 0.3 is 5.97 Å². The highest BCUT2D eigenvalue weighted by Gasteiger charge is 2.31. The van der Waals surface area contributed by atoms with Gasteiger partial charge in [0, 0.05) is 39.6 Å². The van der Waals surface area contributed by atoms with Crippen LogP contribution in [0.25, 0.3) is 10.9 Å². The van der Waals surface area contributed by atoms with E-state index in [2.05, 4.69) is 4.98 Å². The normalized spacial score (nSPS) is 17.9. The molecule has 0 unspecified atom stereocenters. The Morgan fingerprint density at radius 3 is 2.58 bits per heavy atom. The van der Waals surface area contributed by atoms with E-state index in [4.69, 9.17) is 4.74 Å². The zero-order valence-electron chi connectivity index (χ0n) is 18.1. The molecular formula is C23H26N2O5S. The fourth-order valence-electron chi connectivity index (χ4n) is 4.48. The first-order chi connectivity index (χ1) is 14.6. The predicted molar refractivity (Wildman–Crippen MR) is 119 cm³/mol. The number of carbonyl (C=O) groups is 2. The quantitative estimate of drug-likeness (QED) is 0.481. The van der Waals surface area contributed by atoms with Gasteiger partial charge in [0.25, 0.3) is 0 Å². The predicted octanol–water partition coefficient (Wildman–Crippen LogP) is 3.60. The first kappa shape index (κ1) is 21.4. The van der Waals surface area contributed by atoms with Gasteiger partial charge in [-0.1, -0.05) is 0 Å². The number of esters is 1. The van der Waals surface area contributed by atoms with E-state index in [0.717, 1.165) is 27.9 Å². The molecule has 1 aromatic carbocycles. The molecule has 1 aliphatic heterocycles. The molecule has 3 aromatic rings. The Morgan fingerprint density at radius 1 is 1.16 bits per heavy atom. The standard InChI is InChI=1S/C23H26N2O5S/c1-13-9-20(16(4)25(13)18-7-8-31(28,29)12-18)22(26)11-30-23(27)17-5-6-21-19(10-17)14(2)15(3)24-21/h5-6,9-10,18,24H,7-8,11-12H2,1-4H3/t18-/m0/s1. The molecule has 8 heteroatoms. The minimum atomic E-state index is -3.03. The van der Waals surface area contributed by atoms with Gasteiger partial charge in [-0.25, -0.2) is 13.2 Å². The van der Waals surface area contributed by atoms with Gasteiger partial charge in [0.1, 0.15) is 0 Å². The second kappa shape index (κ2) is 7.67. The van der Waals surface area contributed by atoms with Crippen LogP contribution in [-0.2, 0) is 14.6 Å². The smallest absolute Gasteiger partial charge is 0.338 e. The van der Waals surface area contributed by atoms with Crippen LogP contribution in [0.5, 0.6) is 0 Å². The molecule has 1 aliphatic rings. The highest BCUT2D eigenvalue weighted by atomic mass is 32.2. The van der Waals surface area contributed by atoms with Gasteiger partial charge < -0.3 is 14.3 Å². The molecule has 0 radical (unpaired) electrons. The summed E-state index contributed by atoms with van der Waals surface area (Å²) in [7, 11) is -3.03. The van der Waals surface area contributed by atoms with Crippen molar-refractivity contribution in [3.63, 3.8) is 0 Å². The Morgan fingerprint density at radius 2 is 1.90 bits per heavy atom.